The smallest absolute Gasteiger partial charge is 0.294 e. The average Bonchev–Trinajstić information content (AvgIpc) is 2.73. The third-order valence-electron chi connectivity index (χ3n) is 4.89. The highest BCUT2D eigenvalue weighted by Gasteiger charge is 2.30. The van der Waals surface area contributed by atoms with E-state index in [1.165, 1.54) is 6.07 Å². The lowest BCUT2D eigenvalue weighted by molar-refractivity contribution is -0.137. The Kier molecular flexibility index (Phi) is 5.56. The quantitative estimate of drug-likeness (QED) is 0.450. The molecule has 0 atom stereocenters. The summed E-state index contributed by atoms with van der Waals surface area (Å²) in [5.74, 6) is 0. The van der Waals surface area contributed by atoms with Gasteiger partial charge in [0, 0.05) is 49.6 Å². The molecule has 0 spiro atoms. The van der Waals surface area contributed by atoms with Gasteiger partial charge < -0.3 is 0 Å². The number of alkyl halides is 3. The van der Waals surface area contributed by atoms with Gasteiger partial charge in [0.05, 0.1) is 17.0 Å². The molecule has 0 radical (unpaired) electrons. The molecule has 150 valence electrons. The van der Waals surface area contributed by atoms with E-state index in [-0.39, 0.29) is 0 Å². The summed E-state index contributed by atoms with van der Waals surface area (Å²) < 4.78 is 38.8. The van der Waals surface area contributed by atoms with E-state index in [1.54, 1.807) is 30.1 Å². The van der Waals surface area contributed by atoms with E-state index in [0.29, 0.717) is 11.3 Å². The second-order valence-electron chi connectivity index (χ2n) is 6.92. The molecule has 0 unspecified atom stereocenters. The van der Waals surface area contributed by atoms with Crippen LogP contribution in [0.5, 0.6) is 0 Å². The fraction of sp³-hybridized carbons (Fsp3) is 0.286. The van der Waals surface area contributed by atoms with Crippen LogP contribution in [0.25, 0.3) is 11.3 Å². The summed E-state index contributed by atoms with van der Waals surface area (Å²) in [6.07, 6.45) is 2.11. The summed E-state index contributed by atoms with van der Waals surface area (Å²) in [7, 11) is 0. The predicted octanol–water partition coefficient (Wildman–Crippen LogP) is 4.84. The van der Waals surface area contributed by atoms with Crippen LogP contribution < -0.4 is 0 Å². The van der Waals surface area contributed by atoms with E-state index in [1.807, 2.05) is 18.5 Å². The Morgan fingerprint density at radius 1 is 1.10 bits per heavy atom. The molecular formula is C21H19F3N4S. The molecule has 0 saturated carbocycles. The van der Waals surface area contributed by atoms with Crippen molar-refractivity contribution in [3.63, 3.8) is 0 Å². The van der Waals surface area contributed by atoms with Gasteiger partial charge in [-0.05, 0) is 30.0 Å². The molecule has 2 aromatic heterocycles. The number of nitrogens with zero attached hydrogens (tertiary/aromatic N) is 4. The van der Waals surface area contributed by atoms with E-state index in [2.05, 4.69) is 19.9 Å². The van der Waals surface area contributed by atoms with Crippen LogP contribution in [0.4, 0.5) is 13.2 Å². The lowest BCUT2D eigenvalue weighted by atomic mass is 10.1. The first kappa shape index (κ1) is 19.8. The Labute approximate surface area is 171 Å². The number of benzene rings is 1. The van der Waals surface area contributed by atoms with Crippen molar-refractivity contribution in [2.45, 2.75) is 30.8 Å². The van der Waals surface area contributed by atoms with E-state index < -0.39 is 11.7 Å². The van der Waals surface area contributed by atoms with Crippen molar-refractivity contribution < 1.29 is 13.2 Å². The van der Waals surface area contributed by atoms with Crippen LogP contribution in [-0.2, 0) is 25.7 Å². The third-order valence-corrected chi connectivity index (χ3v) is 5.45. The van der Waals surface area contributed by atoms with Crippen molar-refractivity contribution in [1.82, 2.24) is 19.9 Å². The van der Waals surface area contributed by atoms with Gasteiger partial charge in [-0.3, -0.25) is 9.88 Å². The van der Waals surface area contributed by atoms with E-state index in [0.717, 1.165) is 60.2 Å². The maximum atomic E-state index is 12.9. The molecule has 29 heavy (non-hydrogen) atoms. The largest absolute Gasteiger partial charge is 0.416 e. The van der Waals surface area contributed by atoms with E-state index in [9.17, 15) is 13.2 Å². The minimum Gasteiger partial charge on any atom is -0.294 e. The summed E-state index contributed by atoms with van der Waals surface area (Å²) in [5.41, 5.74) is 3.59. The van der Waals surface area contributed by atoms with Gasteiger partial charge in [0.1, 0.15) is 0 Å². The third kappa shape index (κ3) is 4.59. The van der Waals surface area contributed by atoms with E-state index in [4.69, 9.17) is 0 Å². The zero-order valence-corrected chi connectivity index (χ0v) is 16.6. The van der Waals surface area contributed by atoms with Gasteiger partial charge in [-0.2, -0.15) is 13.2 Å². The molecule has 1 aliphatic heterocycles. The molecule has 3 aromatic rings. The number of hydrogen-bond acceptors (Lipinski definition) is 5. The minimum atomic E-state index is -4.36. The van der Waals surface area contributed by atoms with Crippen LogP contribution in [0.15, 0.2) is 53.9 Å². The highest BCUT2D eigenvalue weighted by atomic mass is 32.2. The summed E-state index contributed by atoms with van der Waals surface area (Å²) in [6.45, 7) is 2.40. The molecule has 0 amide bonds. The molecule has 0 bridgehead atoms. The van der Waals surface area contributed by atoms with Crippen molar-refractivity contribution in [2.24, 2.45) is 0 Å². The van der Waals surface area contributed by atoms with Gasteiger partial charge in [-0.1, -0.05) is 30.0 Å². The predicted molar refractivity (Wildman–Crippen MR) is 106 cm³/mol. The molecule has 4 nitrogen and oxygen atoms in total. The van der Waals surface area contributed by atoms with Crippen molar-refractivity contribution in [1.29, 1.82) is 0 Å². The molecule has 3 heterocycles. The number of rotatable bonds is 4. The normalized spacial score (nSPS) is 14.6. The van der Waals surface area contributed by atoms with Crippen molar-refractivity contribution >= 4 is 11.8 Å². The highest BCUT2D eigenvalue weighted by Crippen LogP contribution is 2.31. The zero-order chi connectivity index (χ0) is 20.4. The maximum absolute atomic E-state index is 12.9. The Balaban J connectivity index is 1.45. The van der Waals surface area contributed by atoms with Gasteiger partial charge in [0.25, 0.3) is 0 Å². The number of pyridine rings is 1. The molecule has 0 fully saturated rings. The van der Waals surface area contributed by atoms with Gasteiger partial charge in [0.2, 0.25) is 0 Å². The number of thioether (sulfide) groups is 1. The molecule has 0 aliphatic carbocycles. The van der Waals surface area contributed by atoms with Gasteiger partial charge >= 0.3 is 6.18 Å². The molecule has 8 heteroatoms. The van der Waals surface area contributed by atoms with Crippen molar-refractivity contribution in [3.8, 4) is 11.3 Å². The fourth-order valence-electron chi connectivity index (χ4n) is 3.39. The average molecular weight is 416 g/mol. The van der Waals surface area contributed by atoms with Gasteiger partial charge in [0.15, 0.2) is 5.16 Å². The molecule has 1 aromatic carbocycles. The summed E-state index contributed by atoms with van der Waals surface area (Å²) in [4.78, 5) is 15.6. The topological polar surface area (TPSA) is 41.9 Å². The second-order valence-corrected chi connectivity index (χ2v) is 7.69. The molecule has 0 N–H and O–H groups in total. The number of hydrogen-bond donors (Lipinski definition) is 0. The van der Waals surface area contributed by atoms with Crippen molar-refractivity contribution in [2.75, 3.05) is 12.8 Å². The fourth-order valence-corrected chi connectivity index (χ4v) is 3.75. The minimum absolute atomic E-state index is 0.458. The molecule has 4 rings (SSSR count). The van der Waals surface area contributed by atoms with Crippen LogP contribution in [0.3, 0.4) is 0 Å². The lowest BCUT2D eigenvalue weighted by Gasteiger charge is -2.27. The first-order valence-corrected chi connectivity index (χ1v) is 10.4. The first-order chi connectivity index (χ1) is 13.9. The zero-order valence-electron chi connectivity index (χ0n) is 15.8. The second kappa shape index (κ2) is 8.12. The first-order valence-electron chi connectivity index (χ1n) is 9.16. The molecular weight excluding hydrogens is 397 g/mol. The van der Waals surface area contributed by atoms with Gasteiger partial charge in [-0.25, -0.2) is 9.97 Å². The van der Waals surface area contributed by atoms with Crippen LogP contribution >= 0.6 is 11.8 Å². The maximum Gasteiger partial charge on any atom is 0.416 e. The summed E-state index contributed by atoms with van der Waals surface area (Å²) >= 11 is 1.54. The number of fused-ring (bicyclic) bond motifs is 1. The lowest BCUT2D eigenvalue weighted by Crippen LogP contribution is -2.31. The molecule has 0 saturated heterocycles. The standard InChI is InChI=1S/C21H19F3N4S/c1-29-20-26-11-16-13-28(8-7-19(16)27-20)12-14-5-6-18(25-10-14)15-3-2-4-17(9-15)21(22,23)24/h2-6,9-11H,7-8,12-13H2,1H3. The Bertz CT molecular complexity index is 1010. The highest BCUT2D eigenvalue weighted by molar-refractivity contribution is 7.98. The Morgan fingerprint density at radius 3 is 2.69 bits per heavy atom. The molecule has 1 aliphatic rings. The van der Waals surface area contributed by atoms with Crippen LogP contribution in [0.2, 0.25) is 0 Å². The Morgan fingerprint density at radius 2 is 1.97 bits per heavy atom. The number of aromatic nitrogens is 3. The van der Waals surface area contributed by atoms with Crippen molar-refractivity contribution in [3.05, 3.63) is 71.2 Å². The van der Waals surface area contributed by atoms with Gasteiger partial charge in [-0.15, -0.1) is 0 Å². The summed E-state index contributed by atoms with van der Waals surface area (Å²) in [5, 5.41) is 0.798. The van der Waals surface area contributed by atoms with Crippen LogP contribution in [0, 0.1) is 0 Å². The SMILES string of the molecule is CSc1ncc2c(n1)CCN(Cc1ccc(-c3cccc(C(F)(F)F)c3)nc1)C2. The van der Waals surface area contributed by atoms with Crippen LogP contribution in [0.1, 0.15) is 22.4 Å². The number of halogens is 3. The van der Waals surface area contributed by atoms with E-state index >= 15 is 0 Å². The summed E-state index contributed by atoms with van der Waals surface area (Å²) in [6, 6.07) is 8.94. The van der Waals surface area contributed by atoms with Crippen LogP contribution in [-0.4, -0.2) is 32.7 Å². The monoisotopic (exact) mass is 416 g/mol. The Hall–Kier alpha value is -2.45.